The molecule has 0 unspecified atom stereocenters. The van der Waals surface area contributed by atoms with Crippen LogP contribution in [0.4, 0.5) is 0 Å². The smallest absolute Gasteiger partial charge is 0.231 e. The van der Waals surface area contributed by atoms with Gasteiger partial charge in [0.25, 0.3) is 0 Å². The summed E-state index contributed by atoms with van der Waals surface area (Å²) in [5.41, 5.74) is 1.13. The van der Waals surface area contributed by atoms with E-state index in [4.69, 9.17) is 21.1 Å². The molecule has 94 valence electrons. The van der Waals surface area contributed by atoms with Gasteiger partial charge < -0.3 is 14.8 Å². The Kier molecular flexibility index (Phi) is 4.13. The third-order valence-electron chi connectivity index (χ3n) is 3.07. The molecule has 1 aromatic carbocycles. The molecule has 0 fully saturated rings. The zero-order valence-corrected chi connectivity index (χ0v) is 11.0. The van der Waals surface area contributed by atoms with Crippen molar-refractivity contribution in [3.05, 3.63) is 22.7 Å². The van der Waals surface area contributed by atoms with E-state index in [1.165, 1.54) is 0 Å². The van der Waals surface area contributed by atoms with E-state index < -0.39 is 0 Å². The number of fused-ring (bicyclic) bond motifs is 1. The molecule has 0 atom stereocenters. The maximum atomic E-state index is 6.13. The molecule has 0 saturated carbocycles. The maximum absolute atomic E-state index is 6.13. The van der Waals surface area contributed by atoms with Crippen LogP contribution in [0.25, 0.3) is 0 Å². The van der Waals surface area contributed by atoms with Gasteiger partial charge in [-0.25, -0.2) is 0 Å². The van der Waals surface area contributed by atoms with Crippen LogP contribution in [0.15, 0.2) is 12.1 Å². The normalized spacial score (nSPS) is 13.4. The molecule has 0 spiro atoms. The molecule has 1 aliphatic heterocycles. The third kappa shape index (κ3) is 2.85. The number of nitrogens with one attached hydrogen (secondary N) is 1. The number of ether oxygens (including phenoxy) is 2. The summed E-state index contributed by atoms with van der Waals surface area (Å²) in [6.45, 7) is 5.45. The van der Waals surface area contributed by atoms with Gasteiger partial charge in [0.15, 0.2) is 11.5 Å². The lowest BCUT2D eigenvalue weighted by Crippen LogP contribution is -2.26. The van der Waals surface area contributed by atoms with Crippen molar-refractivity contribution in [3.63, 3.8) is 0 Å². The van der Waals surface area contributed by atoms with Crippen molar-refractivity contribution in [1.82, 2.24) is 5.32 Å². The molecule has 0 aromatic heterocycles. The van der Waals surface area contributed by atoms with E-state index in [0.717, 1.165) is 30.7 Å². The predicted molar refractivity (Wildman–Crippen MR) is 68.8 cm³/mol. The van der Waals surface area contributed by atoms with E-state index in [0.29, 0.717) is 16.8 Å². The molecule has 0 bridgehead atoms. The summed E-state index contributed by atoms with van der Waals surface area (Å²) >= 11 is 6.13. The molecule has 0 saturated heterocycles. The minimum Gasteiger partial charge on any atom is -0.454 e. The molecule has 2 rings (SSSR count). The summed E-state index contributed by atoms with van der Waals surface area (Å²) in [6, 6.07) is 4.48. The van der Waals surface area contributed by atoms with Crippen molar-refractivity contribution in [2.75, 3.05) is 6.79 Å². The average Bonchev–Trinajstić information content (AvgIpc) is 2.79. The Hall–Kier alpha value is -0.930. The summed E-state index contributed by atoms with van der Waals surface area (Å²) in [7, 11) is 0. The van der Waals surface area contributed by atoms with E-state index in [1.54, 1.807) is 0 Å². The Morgan fingerprint density at radius 3 is 2.76 bits per heavy atom. The topological polar surface area (TPSA) is 30.5 Å². The monoisotopic (exact) mass is 255 g/mol. The number of benzene rings is 1. The van der Waals surface area contributed by atoms with Crippen LogP contribution in [0, 0.1) is 0 Å². The fourth-order valence-corrected chi connectivity index (χ4v) is 2.25. The highest BCUT2D eigenvalue weighted by atomic mass is 35.5. The SMILES string of the molecule is CCC(CC)NCc1cc(Cl)c2c(c1)OCO2. The van der Waals surface area contributed by atoms with Gasteiger partial charge in [-0.05, 0) is 30.5 Å². The van der Waals surface area contributed by atoms with Crippen molar-refractivity contribution in [2.24, 2.45) is 0 Å². The zero-order chi connectivity index (χ0) is 12.3. The number of hydrogen-bond donors (Lipinski definition) is 1. The summed E-state index contributed by atoms with van der Waals surface area (Å²) in [4.78, 5) is 0. The summed E-state index contributed by atoms with van der Waals surface area (Å²) < 4.78 is 10.6. The Balaban J connectivity index is 2.05. The first-order valence-electron chi connectivity index (χ1n) is 6.06. The van der Waals surface area contributed by atoms with Gasteiger partial charge in [0.2, 0.25) is 6.79 Å². The highest BCUT2D eigenvalue weighted by molar-refractivity contribution is 6.32. The Morgan fingerprint density at radius 1 is 1.29 bits per heavy atom. The van der Waals surface area contributed by atoms with E-state index in [2.05, 4.69) is 19.2 Å². The molecule has 0 radical (unpaired) electrons. The second kappa shape index (κ2) is 5.61. The summed E-state index contributed by atoms with van der Waals surface area (Å²) in [6.07, 6.45) is 2.27. The second-order valence-corrected chi connectivity index (χ2v) is 4.61. The molecule has 1 N–H and O–H groups in total. The van der Waals surface area contributed by atoms with Gasteiger partial charge in [0.1, 0.15) is 0 Å². The highest BCUT2D eigenvalue weighted by Gasteiger charge is 2.18. The first kappa shape index (κ1) is 12.5. The first-order valence-corrected chi connectivity index (χ1v) is 6.43. The number of hydrogen-bond acceptors (Lipinski definition) is 3. The van der Waals surface area contributed by atoms with E-state index in [-0.39, 0.29) is 6.79 Å². The van der Waals surface area contributed by atoms with E-state index in [1.807, 2.05) is 12.1 Å². The maximum Gasteiger partial charge on any atom is 0.231 e. The van der Waals surface area contributed by atoms with Crippen molar-refractivity contribution < 1.29 is 9.47 Å². The Morgan fingerprint density at radius 2 is 2.06 bits per heavy atom. The quantitative estimate of drug-likeness (QED) is 0.875. The van der Waals surface area contributed by atoms with Gasteiger partial charge in [0, 0.05) is 12.6 Å². The van der Waals surface area contributed by atoms with Gasteiger partial charge >= 0.3 is 0 Å². The van der Waals surface area contributed by atoms with Crippen molar-refractivity contribution in [1.29, 1.82) is 0 Å². The van der Waals surface area contributed by atoms with E-state index in [9.17, 15) is 0 Å². The fourth-order valence-electron chi connectivity index (χ4n) is 1.96. The fraction of sp³-hybridized carbons (Fsp3) is 0.538. The lowest BCUT2D eigenvalue weighted by atomic mass is 10.1. The molecule has 1 aliphatic rings. The minimum absolute atomic E-state index is 0.262. The lowest BCUT2D eigenvalue weighted by molar-refractivity contribution is 0.174. The molecule has 0 amide bonds. The van der Waals surface area contributed by atoms with Crippen LogP contribution in [-0.2, 0) is 6.54 Å². The first-order chi connectivity index (χ1) is 8.24. The number of halogens is 1. The van der Waals surface area contributed by atoms with Gasteiger partial charge in [0.05, 0.1) is 5.02 Å². The van der Waals surface area contributed by atoms with Gasteiger partial charge in [-0.15, -0.1) is 0 Å². The van der Waals surface area contributed by atoms with Crippen molar-refractivity contribution in [2.45, 2.75) is 39.3 Å². The van der Waals surface area contributed by atoms with Crippen LogP contribution in [0.3, 0.4) is 0 Å². The molecular weight excluding hydrogens is 238 g/mol. The van der Waals surface area contributed by atoms with Crippen LogP contribution >= 0.6 is 11.6 Å². The standard InChI is InChI=1S/C13H18ClNO2/c1-3-10(4-2)15-7-9-5-11(14)13-12(6-9)16-8-17-13/h5-6,10,15H,3-4,7-8H2,1-2H3. The van der Waals surface area contributed by atoms with Crippen LogP contribution in [0.5, 0.6) is 11.5 Å². The van der Waals surface area contributed by atoms with Gasteiger partial charge in [-0.2, -0.15) is 0 Å². The third-order valence-corrected chi connectivity index (χ3v) is 3.35. The van der Waals surface area contributed by atoms with Gasteiger partial charge in [-0.3, -0.25) is 0 Å². The summed E-state index contributed by atoms with van der Waals surface area (Å²) in [5, 5.41) is 4.13. The molecule has 1 aromatic rings. The van der Waals surface area contributed by atoms with Crippen LogP contribution in [0.2, 0.25) is 5.02 Å². The molecule has 4 heteroatoms. The molecule has 1 heterocycles. The van der Waals surface area contributed by atoms with E-state index >= 15 is 0 Å². The zero-order valence-electron chi connectivity index (χ0n) is 10.3. The van der Waals surface area contributed by atoms with Crippen molar-refractivity contribution in [3.8, 4) is 11.5 Å². The van der Waals surface area contributed by atoms with Crippen molar-refractivity contribution >= 4 is 11.6 Å². The molecular formula is C13H18ClNO2. The Bertz CT molecular complexity index is 391. The minimum atomic E-state index is 0.262. The highest BCUT2D eigenvalue weighted by Crippen LogP contribution is 2.39. The number of rotatable bonds is 5. The molecule has 3 nitrogen and oxygen atoms in total. The predicted octanol–water partition coefficient (Wildman–Crippen LogP) is 3.35. The molecule has 17 heavy (non-hydrogen) atoms. The lowest BCUT2D eigenvalue weighted by Gasteiger charge is -2.15. The average molecular weight is 256 g/mol. The van der Waals surface area contributed by atoms with Crippen LogP contribution in [0.1, 0.15) is 32.3 Å². The summed E-state index contributed by atoms with van der Waals surface area (Å²) in [5.74, 6) is 1.41. The molecule has 0 aliphatic carbocycles. The van der Waals surface area contributed by atoms with Crippen LogP contribution < -0.4 is 14.8 Å². The van der Waals surface area contributed by atoms with Gasteiger partial charge in [-0.1, -0.05) is 25.4 Å². The largest absolute Gasteiger partial charge is 0.454 e. The Labute approximate surface area is 107 Å². The second-order valence-electron chi connectivity index (χ2n) is 4.21. The van der Waals surface area contributed by atoms with Crippen LogP contribution in [-0.4, -0.2) is 12.8 Å².